The maximum absolute atomic E-state index is 12.3. The number of anilines is 3. The molecule has 1 aromatic heterocycles. The largest absolute Gasteiger partial charge is 0.416 e. The lowest BCUT2D eigenvalue weighted by molar-refractivity contribution is -0.137. The number of hydrogen-bond donors (Lipinski definition) is 3. The zero-order chi connectivity index (χ0) is 24.5. The van der Waals surface area contributed by atoms with E-state index in [1.807, 2.05) is 25.1 Å². The van der Waals surface area contributed by atoms with Gasteiger partial charge in [-0.15, -0.1) is 11.3 Å². The van der Waals surface area contributed by atoms with Crippen molar-refractivity contribution in [2.45, 2.75) is 25.9 Å². The fourth-order valence-corrected chi connectivity index (χ4v) is 4.63. The summed E-state index contributed by atoms with van der Waals surface area (Å²) in [5.41, 5.74) is 5.57. The van der Waals surface area contributed by atoms with Crippen LogP contribution in [-0.2, 0) is 16.2 Å². The van der Waals surface area contributed by atoms with Crippen molar-refractivity contribution in [3.05, 3.63) is 76.5 Å². The first-order valence-electron chi connectivity index (χ1n) is 9.89. The number of sulfonamides is 1. The van der Waals surface area contributed by atoms with Crippen LogP contribution in [0.2, 0.25) is 0 Å². The molecule has 3 aromatic rings. The van der Waals surface area contributed by atoms with Crippen LogP contribution >= 0.6 is 11.3 Å². The SMILES string of the molecule is CCCCS(=O)(=O)Nc1ccsc1C(=O)Nc1ccccc1.Nc1cccc(C(F)(F)F)c1. The molecule has 1 amide bonds. The molecule has 3 rings (SSSR count). The molecule has 2 aromatic carbocycles. The van der Waals surface area contributed by atoms with E-state index in [1.165, 1.54) is 23.5 Å². The third-order valence-electron chi connectivity index (χ3n) is 4.15. The number of amides is 1. The topological polar surface area (TPSA) is 101 Å². The summed E-state index contributed by atoms with van der Waals surface area (Å²) < 4.78 is 62.1. The predicted octanol–water partition coefficient (Wildman–Crippen LogP) is 5.83. The second kappa shape index (κ2) is 11.7. The van der Waals surface area contributed by atoms with Gasteiger partial charge < -0.3 is 11.1 Å². The molecule has 0 saturated heterocycles. The minimum Gasteiger partial charge on any atom is -0.399 e. The molecule has 6 nitrogen and oxygen atoms in total. The molecule has 178 valence electrons. The summed E-state index contributed by atoms with van der Waals surface area (Å²) in [6.45, 7) is 1.93. The van der Waals surface area contributed by atoms with Gasteiger partial charge in [-0.05, 0) is 48.2 Å². The van der Waals surface area contributed by atoms with Crippen molar-refractivity contribution in [3.63, 3.8) is 0 Å². The standard InChI is InChI=1S/C15H18N2O3S2.C7H6F3N/c1-2-3-11-22(19,20)17-13-9-10-21-14(13)15(18)16-12-7-5-4-6-8-12;8-7(9,10)5-2-1-3-6(11)4-5/h4-10,17H,2-3,11H2,1H3,(H,16,18);1-4H,11H2. The molecule has 0 saturated carbocycles. The van der Waals surface area contributed by atoms with Crippen LogP contribution in [0, 0.1) is 0 Å². The number of hydrogen-bond acceptors (Lipinski definition) is 5. The van der Waals surface area contributed by atoms with Gasteiger partial charge in [-0.3, -0.25) is 9.52 Å². The van der Waals surface area contributed by atoms with E-state index in [1.54, 1.807) is 23.6 Å². The van der Waals surface area contributed by atoms with Gasteiger partial charge in [0, 0.05) is 11.4 Å². The van der Waals surface area contributed by atoms with Crippen molar-refractivity contribution in [2.24, 2.45) is 0 Å². The highest BCUT2D eigenvalue weighted by atomic mass is 32.2. The van der Waals surface area contributed by atoms with Crippen LogP contribution in [0.3, 0.4) is 0 Å². The van der Waals surface area contributed by atoms with E-state index >= 15 is 0 Å². The van der Waals surface area contributed by atoms with Crippen LogP contribution in [0.1, 0.15) is 35.0 Å². The molecule has 0 radical (unpaired) electrons. The number of thiophene rings is 1. The summed E-state index contributed by atoms with van der Waals surface area (Å²) in [4.78, 5) is 12.6. The second-order valence-corrected chi connectivity index (χ2v) is 9.64. The average Bonchev–Trinajstić information content (AvgIpc) is 3.20. The first-order valence-corrected chi connectivity index (χ1v) is 12.4. The fraction of sp³-hybridized carbons (Fsp3) is 0.227. The first kappa shape index (κ1) is 26.2. The lowest BCUT2D eigenvalue weighted by Gasteiger charge is -2.09. The van der Waals surface area contributed by atoms with E-state index in [4.69, 9.17) is 5.73 Å². The van der Waals surface area contributed by atoms with Crippen LogP contribution in [0.4, 0.5) is 30.2 Å². The summed E-state index contributed by atoms with van der Waals surface area (Å²) in [5, 5.41) is 4.44. The predicted molar refractivity (Wildman–Crippen MR) is 127 cm³/mol. The molecular formula is C22H24F3N3O3S2. The quantitative estimate of drug-likeness (QED) is 0.356. The van der Waals surface area contributed by atoms with Crippen LogP contribution in [0.5, 0.6) is 0 Å². The Morgan fingerprint density at radius 2 is 1.76 bits per heavy atom. The number of benzene rings is 2. The molecule has 0 bridgehead atoms. The van der Waals surface area contributed by atoms with Gasteiger partial charge in [0.1, 0.15) is 4.88 Å². The van der Waals surface area contributed by atoms with Crippen molar-refractivity contribution in [3.8, 4) is 0 Å². The zero-order valence-electron chi connectivity index (χ0n) is 17.7. The summed E-state index contributed by atoms with van der Waals surface area (Å²) in [6.07, 6.45) is -2.91. The highest BCUT2D eigenvalue weighted by Crippen LogP contribution is 2.29. The Hall–Kier alpha value is -3.05. The summed E-state index contributed by atoms with van der Waals surface area (Å²) in [6, 6.07) is 15.2. The smallest absolute Gasteiger partial charge is 0.399 e. The average molecular weight is 500 g/mol. The number of rotatable bonds is 7. The van der Waals surface area contributed by atoms with Crippen molar-refractivity contribution >= 4 is 44.3 Å². The number of para-hydroxylation sites is 1. The second-order valence-electron chi connectivity index (χ2n) is 6.88. The lowest BCUT2D eigenvalue weighted by atomic mass is 10.2. The van der Waals surface area contributed by atoms with Crippen LogP contribution < -0.4 is 15.8 Å². The highest BCUT2D eigenvalue weighted by Gasteiger charge is 2.30. The number of unbranched alkanes of at least 4 members (excludes halogenated alkanes) is 1. The maximum Gasteiger partial charge on any atom is 0.416 e. The highest BCUT2D eigenvalue weighted by molar-refractivity contribution is 7.92. The minimum absolute atomic E-state index is 0.0547. The van der Waals surface area contributed by atoms with E-state index in [9.17, 15) is 26.4 Å². The van der Waals surface area contributed by atoms with E-state index in [0.29, 0.717) is 22.7 Å². The molecule has 0 aliphatic rings. The third-order valence-corrected chi connectivity index (χ3v) is 6.42. The molecule has 0 atom stereocenters. The van der Waals surface area contributed by atoms with Crippen molar-refractivity contribution in [1.29, 1.82) is 0 Å². The Bertz CT molecular complexity index is 1150. The molecule has 0 aliphatic carbocycles. The molecule has 0 aliphatic heterocycles. The van der Waals surface area contributed by atoms with Crippen molar-refractivity contribution in [2.75, 3.05) is 21.5 Å². The minimum atomic E-state index is -4.30. The molecule has 1 heterocycles. The van der Waals surface area contributed by atoms with Gasteiger partial charge in [-0.25, -0.2) is 8.42 Å². The first-order chi connectivity index (χ1) is 15.5. The lowest BCUT2D eigenvalue weighted by Crippen LogP contribution is -2.19. The maximum atomic E-state index is 12.3. The van der Waals surface area contributed by atoms with Gasteiger partial charge >= 0.3 is 6.18 Å². The zero-order valence-corrected chi connectivity index (χ0v) is 19.4. The van der Waals surface area contributed by atoms with Crippen LogP contribution in [-0.4, -0.2) is 20.1 Å². The van der Waals surface area contributed by atoms with Gasteiger partial charge in [0.2, 0.25) is 10.0 Å². The Balaban J connectivity index is 0.000000294. The molecular weight excluding hydrogens is 475 g/mol. The summed E-state index contributed by atoms with van der Waals surface area (Å²) in [5.74, 6) is -0.270. The Kier molecular flexibility index (Phi) is 9.30. The Morgan fingerprint density at radius 1 is 1.06 bits per heavy atom. The fourth-order valence-electron chi connectivity index (χ4n) is 2.54. The van der Waals surface area contributed by atoms with Crippen molar-refractivity contribution < 1.29 is 26.4 Å². The van der Waals surface area contributed by atoms with Crippen LogP contribution in [0.25, 0.3) is 0 Å². The molecule has 0 unspecified atom stereocenters. The number of halogens is 3. The van der Waals surface area contributed by atoms with E-state index in [-0.39, 0.29) is 17.3 Å². The summed E-state index contributed by atoms with van der Waals surface area (Å²) >= 11 is 1.20. The van der Waals surface area contributed by atoms with Gasteiger partial charge in [0.15, 0.2) is 0 Å². The van der Waals surface area contributed by atoms with E-state index in [0.717, 1.165) is 18.6 Å². The van der Waals surface area contributed by atoms with Crippen LogP contribution in [0.15, 0.2) is 66.0 Å². The molecule has 0 fully saturated rings. The van der Waals surface area contributed by atoms with Gasteiger partial charge in [-0.1, -0.05) is 37.6 Å². The summed E-state index contributed by atoms with van der Waals surface area (Å²) in [7, 11) is -3.42. The Morgan fingerprint density at radius 3 is 2.33 bits per heavy atom. The number of carbonyl (C=O) groups excluding carboxylic acids is 1. The number of alkyl halides is 3. The number of carbonyl (C=O) groups is 1. The van der Waals surface area contributed by atoms with Gasteiger partial charge in [0.05, 0.1) is 17.0 Å². The molecule has 11 heteroatoms. The normalized spacial score (nSPS) is 11.3. The van der Waals surface area contributed by atoms with Gasteiger partial charge in [0.25, 0.3) is 5.91 Å². The van der Waals surface area contributed by atoms with Gasteiger partial charge in [-0.2, -0.15) is 13.2 Å². The molecule has 4 N–H and O–H groups in total. The number of nitrogens with two attached hydrogens (primary N) is 1. The number of nitrogen functional groups attached to an aromatic ring is 1. The number of nitrogens with one attached hydrogen (secondary N) is 2. The molecule has 33 heavy (non-hydrogen) atoms. The van der Waals surface area contributed by atoms with E-state index in [2.05, 4.69) is 10.0 Å². The molecule has 0 spiro atoms. The van der Waals surface area contributed by atoms with Crippen molar-refractivity contribution in [1.82, 2.24) is 0 Å². The third kappa shape index (κ3) is 8.78. The Labute approximate surface area is 194 Å². The monoisotopic (exact) mass is 499 g/mol. The van der Waals surface area contributed by atoms with E-state index < -0.39 is 21.8 Å².